The van der Waals surface area contributed by atoms with Crippen LogP contribution in [-0.2, 0) is 32.6 Å². The Kier molecular flexibility index (Phi) is 10.5. The van der Waals surface area contributed by atoms with Crippen LogP contribution in [0, 0.1) is 26.7 Å². The van der Waals surface area contributed by atoms with Gasteiger partial charge in [0.1, 0.15) is 12.6 Å². The van der Waals surface area contributed by atoms with E-state index in [-0.39, 0.29) is 18.4 Å². The van der Waals surface area contributed by atoms with Crippen LogP contribution in [0.2, 0.25) is 0 Å². The summed E-state index contributed by atoms with van der Waals surface area (Å²) in [7, 11) is -3.80. The summed E-state index contributed by atoms with van der Waals surface area (Å²) in [5, 5.41) is 3.00. The van der Waals surface area contributed by atoms with Crippen molar-refractivity contribution in [1.29, 1.82) is 0 Å². The molecule has 0 fully saturated rings. The monoisotopic (exact) mass is 563 g/mol. The average molecular weight is 564 g/mol. The Balaban J connectivity index is 2.07. The summed E-state index contributed by atoms with van der Waals surface area (Å²) in [6.45, 7) is 9.96. The number of rotatable bonds is 12. The van der Waals surface area contributed by atoms with E-state index in [2.05, 4.69) is 5.32 Å². The molecule has 0 aliphatic carbocycles. The van der Waals surface area contributed by atoms with Crippen LogP contribution in [0.1, 0.15) is 41.7 Å². The fourth-order valence-electron chi connectivity index (χ4n) is 4.66. The van der Waals surface area contributed by atoms with Crippen LogP contribution in [0.25, 0.3) is 0 Å². The summed E-state index contributed by atoms with van der Waals surface area (Å²) in [6, 6.07) is 21.9. The van der Waals surface area contributed by atoms with E-state index in [4.69, 9.17) is 0 Å². The minimum atomic E-state index is -3.80. The van der Waals surface area contributed by atoms with E-state index < -0.39 is 28.5 Å². The fraction of sp³-hybridized carbons (Fsp3) is 0.375. The number of sulfonamides is 1. The van der Waals surface area contributed by atoms with Gasteiger partial charge in [-0.25, -0.2) is 8.42 Å². The molecule has 7 nitrogen and oxygen atoms in total. The summed E-state index contributed by atoms with van der Waals surface area (Å²) in [5.41, 5.74) is 4.98. The van der Waals surface area contributed by atoms with Gasteiger partial charge in [0.25, 0.3) is 0 Å². The summed E-state index contributed by atoms with van der Waals surface area (Å²) >= 11 is 0. The normalized spacial score (nSPS) is 12.2. The molecule has 8 heteroatoms. The molecule has 0 saturated carbocycles. The van der Waals surface area contributed by atoms with Gasteiger partial charge in [-0.15, -0.1) is 0 Å². The smallest absolute Gasteiger partial charge is 0.244 e. The van der Waals surface area contributed by atoms with Crippen LogP contribution in [0.4, 0.5) is 5.69 Å². The summed E-state index contributed by atoms with van der Waals surface area (Å²) < 4.78 is 27.1. The van der Waals surface area contributed by atoms with E-state index in [1.165, 1.54) is 4.90 Å². The predicted octanol–water partition coefficient (Wildman–Crippen LogP) is 4.79. The lowest BCUT2D eigenvalue weighted by Crippen LogP contribution is -2.53. The highest BCUT2D eigenvalue weighted by Crippen LogP contribution is 2.25. The number of aryl methyl sites for hydroxylation is 3. The molecule has 0 spiro atoms. The number of nitrogens with zero attached hydrogens (tertiary/aromatic N) is 2. The molecule has 3 aromatic carbocycles. The zero-order chi connectivity index (χ0) is 29.4. The number of amides is 2. The molecule has 0 heterocycles. The summed E-state index contributed by atoms with van der Waals surface area (Å²) in [4.78, 5) is 29.3. The first-order valence-corrected chi connectivity index (χ1v) is 15.4. The minimum Gasteiger partial charge on any atom is -0.354 e. The van der Waals surface area contributed by atoms with Crippen LogP contribution in [-0.4, -0.2) is 50.5 Å². The largest absolute Gasteiger partial charge is 0.354 e. The maximum Gasteiger partial charge on any atom is 0.244 e. The number of benzene rings is 3. The van der Waals surface area contributed by atoms with E-state index >= 15 is 0 Å². The van der Waals surface area contributed by atoms with Crippen LogP contribution in [0.3, 0.4) is 0 Å². The molecule has 0 radical (unpaired) electrons. The van der Waals surface area contributed by atoms with E-state index in [0.717, 1.165) is 38.4 Å². The molecule has 1 atom stereocenters. The van der Waals surface area contributed by atoms with E-state index in [1.54, 1.807) is 6.07 Å². The Morgan fingerprint density at radius 3 is 2.10 bits per heavy atom. The van der Waals surface area contributed by atoms with Gasteiger partial charge >= 0.3 is 0 Å². The van der Waals surface area contributed by atoms with Gasteiger partial charge in [-0.05, 0) is 49.4 Å². The molecule has 0 saturated heterocycles. The highest BCUT2D eigenvalue weighted by Gasteiger charge is 2.33. The Morgan fingerprint density at radius 2 is 1.50 bits per heavy atom. The lowest BCUT2D eigenvalue weighted by Gasteiger charge is -2.34. The maximum atomic E-state index is 14.2. The Labute approximate surface area is 239 Å². The predicted molar refractivity (Wildman–Crippen MR) is 162 cm³/mol. The second-order valence-corrected chi connectivity index (χ2v) is 12.8. The quantitative estimate of drug-likeness (QED) is 0.343. The Hall–Kier alpha value is -3.65. The first kappa shape index (κ1) is 30.9. The lowest BCUT2D eigenvalue weighted by molar-refractivity contribution is -0.140. The zero-order valence-electron chi connectivity index (χ0n) is 24.3. The molecule has 0 unspecified atom stereocenters. The molecule has 3 rings (SSSR count). The SMILES string of the molecule is Cc1cccc(CN(C(=O)CN(c2ccc(C)cc2C)S(C)(=O)=O)[C@H](Cc2ccccc2)C(=O)NCC(C)C)c1. The third-order valence-electron chi connectivity index (χ3n) is 6.69. The molecule has 214 valence electrons. The van der Waals surface area contributed by atoms with Crippen molar-refractivity contribution in [3.63, 3.8) is 0 Å². The van der Waals surface area contributed by atoms with Crippen molar-refractivity contribution in [3.05, 3.63) is 101 Å². The van der Waals surface area contributed by atoms with Gasteiger partial charge in [0.2, 0.25) is 21.8 Å². The standard InChI is InChI=1S/C32H41N3O4S/c1-23(2)20-33-32(37)30(19-27-12-8-7-9-13-27)34(21-28-14-10-11-24(3)18-28)31(36)22-35(40(6,38)39)29-16-15-25(4)17-26(29)5/h7-18,23,30H,19-22H2,1-6H3,(H,33,37)/t30-/m1/s1. The van der Waals surface area contributed by atoms with Crippen LogP contribution in [0.15, 0.2) is 72.8 Å². The first-order valence-electron chi connectivity index (χ1n) is 13.6. The van der Waals surface area contributed by atoms with Gasteiger partial charge in [-0.3, -0.25) is 13.9 Å². The van der Waals surface area contributed by atoms with E-state index in [0.29, 0.717) is 18.7 Å². The molecular formula is C32H41N3O4S. The molecule has 2 amide bonds. The molecule has 0 aliphatic rings. The highest BCUT2D eigenvalue weighted by molar-refractivity contribution is 7.92. The van der Waals surface area contributed by atoms with Crippen molar-refractivity contribution >= 4 is 27.5 Å². The van der Waals surface area contributed by atoms with Crippen LogP contribution in [0.5, 0.6) is 0 Å². The summed E-state index contributed by atoms with van der Waals surface area (Å²) in [6.07, 6.45) is 1.39. The van der Waals surface area contributed by atoms with Crippen molar-refractivity contribution < 1.29 is 18.0 Å². The fourth-order valence-corrected chi connectivity index (χ4v) is 5.57. The third-order valence-corrected chi connectivity index (χ3v) is 7.82. The molecule has 0 aromatic heterocycles. The zero-order valence-corrected chi connectivity index (χ0v) is 25.2. The Bertz CT molecular complexity index is 1420. The molecule has 1 N–H and O–H groups in total. The minimum absolute atomic E-state index is 0.164. The van der Waals surface area contributed by atoms with E-state index in [1.807, 2.05) is 101 Å². The maximum absolute atomic E-state index is 14.2. The molecular weight excluding hydrogens is 522 g/mol. The molecule has 3 aromatic rings. The topological polar surface area (TPSA) is 86.8 Å². The second-order valence-electron chi connectivity index (χ2n) is 10.9. The highest BCUT2D eigenvalue weighted by atomic mass is 32.2. The van der Waals surface area contributed by atoms with Crippen LogP contribution < -0.4 is 9.62 Å². The molecule has 40 heavy (non-hydrogen) atoms. The van der Waals surface area contributed by atoms with Crippen molar-refractivity contribution in [3.8, 4) is 0 Å². The van der Waals surface area contributed by atoms with Crippen molar-refractivity contribution in [1.82, 2.24) is 10.2 Å². The number of hydrogen-bond acceptors (Lipinski definition) is 4. The van der Waals surface area contributed by atoms with Gasteiger partial charge in [0.15, 0.2) is 0 Å². The second kappa shape index (κ2) is 13.6. The third kappa shape index (κ3) is 8.68. The number of hydrogen-bond donors (Lipinski definition) is 1. The number of carbonyl (C=O) groups is 2. The van der Waals surface area contributed by atoms with Gasteiger partial charge in [-0.1, -0.05) is 91.7 Å². The van der Waals surface area contributed by atoms with Crippen molar-refractivity contribution in [2.24, 2.45) is 5.92 Å². The molecule has 0 bridgehead atoms. The van der Waals surface area contributed by atoms with Crippen molar-refractivity contribution in [2.75, 3.05) is 23.7 Å². The van der Waals surface area contributed by atoms with Gasteiger partial charge in [0, 0.05) is 19.5 Å². The number of anilines is 1. The van der Waals surface area contributed by atoms with Gasteiger partial charge in [-0.2, -0.15) is 0 Å². The number of carbonyl (C=O) groups excluding carboxylic acids is 2. The first-order chi connectivity index (χ1) is 18.8. The Morgan fingerprint density at radius 1 is 0.850 bits per heavy atom. The van der Waals surface area contributed by atoms with Crippen molar-refractivity contribution in [2.45, 2.75) is 53.6 Å². The average Bonchev–Trinajstić information content (AvgIpc) is 2.88. The lowest BCUT2D eigenvalue weighted by atomic mass is 10.0. The van der Waals surface area contributed by atoms with E-state index in [9.17, 15) is 18.0 Å². The number of nitrogens with one attached hydrogen (secondary N) is 1. The summed E-state index contributed by atoms with van der Waals surface area (Å²) in [5.74, 6) is -0.490. The van der Waals surface area contributed by atoms with Crippen LogP contribution >= 0.6 is 0 Å². The van der Waals surface area contributed by atoms with Gasteiger partial charge in [0.05, 0.1) is 11.9 Å². The molecule has 0 aliphatic heterocycles. The van der Waals surface area contributed by atoms with Gasteiger partial charge < -0.3 is 10.2 Å².